The Hall–Kier alpha value is -0.570. The average Bonchev–Trinajstić information content (AvgIpc) is 2.10. The van der Waals surface area contributed by atoms with Gasteiger partial charge in [0.2, 0.25) is 0 Å². The first-order valence-electron chi connectivity index (χ1n) is 4.78. The van der Waals surface area contributed by atoms with Gasteiger partial charge in [0, 0.05) is 20.0 Å². The minimum atomic E-state index is -0.224. The molecule has 0 aromatic carbocycles. The molecule has 0 aliphatic rings. The Bertz CT molecular complexity index is 145. The van der Waals surface area contributed by atoms with Crippen LogP contribution in [0.5, 0.6) is 0 Å². The van der Waals surface area contributed by atoms with E-state index in [2.05, 4.69) is 6.92 Å². The smallest absolute Gasteiger partial charge is 0.302 e. The van der Waals surface area contributed by atoms with Gasteiger partial charge in [0.05, 0.1) is 12.7 Å². The van der Waals surface area contributed by atoms with Crippen molar-refractivity contribution in [2.45, 2.75) is 39.7 Å². The van der Waals surface area contributed by atoms with Crippen molar-refractivity contribution in [3.8, 4) is 0 Å². The maximum atomic E-state index is 10.6. The van der Waals surface area contributed by atoms with Crippen molar-refractivity contribution in [2.24, 2.45) is 5.92 Å². The van der Waals surface area contributed by atoms with Crippen molar-refractivity contribution in [3.05, 3.63) is 0 Å². The van der Waals surface area contributed by atoms with Crippen LogP contribution in [0.4, 0.5) is 0 Å². The number of carbonyl (C=O) groups is 1. The van der Waals surface area contributed by atoms with Gasteiger partial charge in [-0.05, 0) is 6.42 Å². The molecule has 0 rings (SSSR count). The number of esters is 1. The van der Waals surface area contributed by atoms with Crippen LogP contribution in [0.2, 0.25) is 0 Å². The second-order valence-corrected chi connectivity index (χ2v) is 3.34. The quantitative estimate of drug-likeness (QED) is 0.598. The third kappa shape index (κ3) is 5.64. The molecule has 0 saturated carbocycles. The normalized spacial score (nSPS) is 15.1. The van der Waals surface area contributed by atoms with E-state index in [0.717, 1.165) is 12.8 Å². The van der Waals surface area contributed by atoms with Crippen molar-refractivity contribution >= 4 is 5.97 Å². The Kier molecular flexibility index (Phi) is 6.59. The molecule has 2 unspecified atom stereocenters. The van der Waals surface area contributed by atoms with E-state index in [-0.39, 0.29) is 18.0 Å². The molecule has 0 radical (unpaired) electrons. The number of ether oxygens (including phenoxy) is 2. The predicted octanol–water partition coefficient (Wildman–Crippen LogP) is 2.00. The van der Waals surface area contributed by atoms with Crippen LogP contribution in [0.25, 0.3) is 0 Å². The molecule has 3 nitrogen and oxygen atoms in total. The van der Waals surface area contributed by atoms with E-state index in [4.69, 9.17) is 9.47 Å². The molecule has 0 aromatic heterocycles. The lowest BCUT2D eigenvalue weighted by Crippen LogP contribution is -2.25. The van der Waals surface area contributed by atoms with E-state index in [1.807, 2.05) is 6.92 Å². The first kappa shape index (κ1) is 12.4. The SMILES string of the molecule is CCCC(OC)C(C)COC(C)=O. The molecule has 0 spiro atoms. The zero-order chi connectivity index (χ0) is 10.3. The zero-order valence-electron chi connectivity index (χ0n) is 9.00. The van der Waals surface area contributed by atoms with Crippen molar-refractivity contribution in [1.29, 1.82) is 0 Å². The lowest BCUT2D eigenvalue weighted by molar-refractivity contribution is -0.143. The van der Waals surface area contributed by atoms with Gasteiger partial charge in [0.15, 0.2) is 0 Å². The molecule has 0 aromatic rings. The second-order valence-electron chi connectivity index (χ2n) is 3.34. The molecular formula is C10H20O3. The molecular weight excluding hydrogens is 168 g/mol. The Labute approximate surface area is 80.4 Å². The van der Waals surface area contributed by atoms with Crippen molar-refractivity contribution in [3.63, 3.8) is 0 Å². The number of hydrogen-bond acceptors (Lipinski definition) is 3. The Balaban J connectivity index is 3.76. The second kappa shape index (κ2) is 6.89. The van der Waals surface area contributed by atoms with Gasteiger partial charge in [-0.3, -0.25) is 4.79 Å². The molecule has 0 fully saturated rings. The Morgan fingerprint density at radius 2 is 2.08 bits per heavy atom. The fourth-order valence-electron chi connectivity index (χ4n) is 1.28. The van der Waals surface area contributed by atoms with Crippen molar-refractivity contribution in [1.82, 2.24) is 0 Å². The van der Waals surface area contributed by atoms with Gasteiger partial charge in [-0.15, -0.1) is 0 Å². The fraction of sp³-hybridized carbons (Fsp3) is 0.900. The van der Waals surface area contributed by atoms with Gasteiger partial charge in [-0.1, -0.05) is 20.3 Å². The summed E-state index contributed by atoms with van der Waals surface area (Å²) >= 11 is 0. The first-order valence-corrected chi connectivity index (χ1v) is 4.78. The van der Waals surface area contributed by atoms with Crippen molar-refractivity contribution < 1.29 is 14.3 Å². The number of carbonyl (C=O) groups excluding carboxylic acids is 1. The topological polar surface area (TPSA) is 35.5 Å². The summed E-state index contributed by atoms with van der Waals surface area (Å²) in [7, 11) is 1.70. The van der Waals surface area contributed by atoms with Gasteiger partial charge in [0.25, 0.3) is 0 Å². The van der Waals surface area contributed by atoms with E-state index < -0.39 is 0 Å². The summed E-state index contributed by atoms with van der Waals surface area (Å²) in [5, 5.41) is 0. The summed E-state index contributed by atoms with van der Waals surface area (Å²) in [4.78, 5) is 10.6. The van der Waals surface area contributed by atoms with Crippen LogP contribution >= 0.6 is 0 Å². The molecule has 2 atom stereocenters. The fourth-order valence-corrected chi connectivity index (χ4v) is 1.28. The molecule has 0 aliphatic carbocycles. The van der Waals surface area contributed by atoms with Crippen LogP contribution in [0, 0.1) is 5.92 Å². The molecule has 3 heteroatoms. The number of methoxy groups -OCH3 is 1. The summed E-state index contributed by atoms with van der Waals surface area (Å²) in [5.74, 6) is 0.0482. The molecule has 78 valence electrons. The minimum absolute atomic E-state index is 0.198. The van der Waals surface area contributed by atoms with E-state index in [0.29, 0.717) is 6.61 Å². The van der Waals surface area contributed by atoms with Crippen LogP contribution in [0.3, 0.4) is 0 Å². The third-order valence-electron chi connectivity index (χ3n) is 2.06. The van der Waals surface area contributed by atoms with Gasteiger partial charge in [-0.2, -0.15) is 0 Å². The highest BCUT2D eigenvalue weighted by Gasteiger charge is 2.16. The zero-order valence-corrected chi connectivity index (χ0v) is 9.00. The van der Waals surface area contributed by atoms with Crippen LogP contribution in [-0.4, -0.2) is 25.8 Å². The van der Waals surface area contributed by atoms with Gasteiger partial charge in [0.1, 0.15) is 0 Å². The minimum Gasteiger partial charge on any atom is -0.465 e. The predicted molar refractivity (Wildman–Crippen MR) is 51.5 cm³/mol. The Morgan fingerprint density at radius 1 is 1.46 bits per heavy atom. The molecule has 13 heavy (non-hydrogen) atoms. The average molecular weight is 188 g/mol. The van der Waals surface area contributed by atoms with E-state index >= 15 is 0 Å². The summed E-state index contributed by atoms with van der Waals surface area (Å²) in [6.07, 6.45) is 2.30. The van der Waals surface area contributed by atoms with Crippen LogP contribution in [0.1, 0.15) is 33.6 Å². The third-order valence-corrected chi connectivity index (χ3v) is 2.06. The monoisotopic (exact) mass is 188 g/mol. The van der Waals surface area contributed by atoms with E-state index in [1.165, 1.54) is 6.92 Å². The molecule has 0 N–H and O–H groups in total. The molecule has 0 aliphatic heterocycles. The summed E-state index contributed by atoms with van der Waals surface area (Å²) in [5.41, 5.74) is 0. The first-order chi connectivity index (χ1) is 6.11. The maximum absolute atomic E-state index is 10.6. The summed E-state index contributed by atoms with van der Waals surface area (Å²) in [6.45, 7) is 6.03. The maximum Gasteiger partial charge on any atom is 0.302 e. The number of rotatable bonds is 6. The standard InChI is InChI=1S/C10H20O3/c1-5-6-10(12-4)8(2)7-13-9(3)11/h8,10H,5-7H2,1-4H3. The van der Waals surface area contributed by atoms with Crippen LogP contribution in [-0.2, 0) is 14.3 Å². The highest BCUT2D eigenvalue weighted by atomic mass is 16.5. The molecule has 0 bridgehead atoms. The largest absolute Gasteiger partial charge is 0.465 e. The highest BCUT2D eigenvalue weighted by molar-refractivity contribution is 5.65. The van der Waals surface area contributed by atoms with E-state index in [9.17, 15) is 4.79 Å². The molecule has 0 saturated heterocycles. The lowest BCUT2D eigenvalue weighted by atomic mass is 10.0. The van der Waals surface area contributed by atoms with Gasteiger partial charge < -0.3 is 9.47 Å². The number of hydrogen-bond donors (Lipinski definition) is 0. The van der Waals surface area contributed by atoms with Crippen LogP contribution < -0.4 is 0 Å². The summed E-state index contributed by atoms with van der Waals surface area (Å²) in [6, 6.07) is 0. The molecule has 0 heterocycles. The lowest BCUT2D eigenvalue weighted by Gasteiger charge is -2.21. The summed E-state index contributed by atoms with van der Waals surface area (Å²) < 4.78 is 10.2. The van der Waals surface area contributed by atoms with Gasteiger partial charge >= 0.3 is 5.97 Å². The highest BCUT2D eigenvalue weighted by Crippen LogP contribution is 2.12. The van der Waals surface area contributed by atoms with Crippen LogP contribution in [0.15, 0.2) is 0 Å². The van der Waals surface area contributed by atoms with E-state index in [1.54, 1.807) is 7.11 Å². The van der Waals surface area contributed by atoms with Gasteiger partial charge in [-0.25, -0.2) is 0 Å². The Morgan fingerprint density at radius 3 is 2.46 bits per heavy atom. The molecule has 0 amide bonds. The van der Waals surface area contributed by atoms with Crippen molar-refractivity contribution in [2.75, 3.05) is 13.7 Å².